The Kier molecular flexibility index (Phi) is 4.21. The van der Waals surface area contributed by atoms with Crippen LogP contribution < -0.4 is 0 Å². The van der Waals surface area contributed by atoms with E-state index in [1.807, 2.05) is 31.2 Å². The van der Waals surface area contributed by atoms with E-state index in [0.29, 0.717) is 10.6 Å². The van der Waals surface area contributed by atoms with Gasteiger partial charge in [0.05, 0.1) is 7.11 Å². The zero-order valence-corrected chi connectivity index (χ0v) is 14.3. The lowest BCUT2D eigenvalue weighted by atomic mass is 10.0. The van der Waals surface area contributed by atoms with Crippen molar-refractivity contribution in [1.82, 2.24) is 0 Å². The van der Waals surface area contributed by atoms with Gasteiger partial charge < -0.3 is 4.74 Å². The molecular formula is C18H15ClO3S. The van der Waals surface area contributed by atoms with E-state index in [1.54, 1.807) is 18.2 Å². The summed E-state index contributed by atoms with van der Waals surface area (Å²) < 4.78 is 3.67. The van der Waals surface area contributed by atoms with Gasteiger partial charge in [0.2, 0.25) is 0 Å². The van der Waals surface area contributed by atoms with Crippen LogP contribution in [0.2, 0.25) is 5.02 Å². The SMILES string of the molecule is COC(=O)[C@]1(Sc2ccc(C)cc2)Cc2cc(Cl)ccc2C1=O. The predicted molar refractivity (Wildman–Crippen MR) is 91.3 cm³/mol. The largest absolute Gasteiger partial charge is 0.468 e. The number of benzene rings is 2. The normalized spacial score (nSPS) is 19.5. The number of hydrogen-bond donors (Lipinski definition) is 0. The molecular weight excluding hydrogens is 332 g/mol. The molecule has 0 heterocycles. The number of fused-ring (bicyclic) bond motifs is 1. The summed E-state index contributed by atoms with van der Waals surface area (Å²) in [5.41, 5.74) is 2.45. The van der Waals surface area contributed by atoms with Crippen molar-refractivity contribution < 1.29 is 14.3 Å². The summed E-state index contributed by atoms with van der Waals surface area (Å²) in [6, 6.07) is 12.8. The van der Waals surface area contributed by atoms with E-state index < -0.39 is 10.7 Å². The van der Waals surface area contributed by atoms with Gasteiger partial charge in [-0.1, -0.05) is 41.1 Å². The molecule has 3 rings (SSSR count). The highest BCUT2D eigenvalue weighted by molar-refractivity contribution is 8.02. The van der Waals surface area contributed by atoms with E-state index in [1.165, 1.54) is 18.9 Å². The summed E-state index contributed by atoms with van der Waals surface area (Å²) in [5.74, 6) is -0.748. The zero-order chi connectivity index (χ0) is 16.6. The fourth-order valence-corrected chi connectivity index (χ4v) is 4.22. The monoisotopic (exact) mass is 346 g/mol. The Labute approximate surface area is 144 Å². The van der Waals surface area contributed by atoms with E-state index >= 15 is 0 Å². The zero-order valence-electron chi connectivity index (χ0n) is 12.8. The minimum atomic E-state index is -1.28. The van der Waals surface area contributed by atoms with Gasteiger partial charge in [0.15, 0.2) is 10.5 Å². The first-order chi connectivity index (χ1) is 11.0. The molecule has 0 saturated heterocycles. The Bertz CT molecular complexity index is 785. The van der Waals surface area contributed by atoms with Crippen LogP contribution >= 0.6 is 23.4 Å². The number of ether oxygens (including phenoxy) is 1. The first-order valence-electron chi connectivity index (χ1n) is 7.13. The van der Waals surface area contributed by atoms with Crippen LogP contribution in [0.15, 0.2) is 47.4 Å². The first kappa shape index (κ1) is 16.1. The molecule has 2 aromatic carbocycles. The van der Waals surface area contributed by atoms with Gasteiger partial charge in [-0.05, 0) is 42.8 Å². The average Bonchev–Trinajstić information content (AvgIpc) is 2.81. The van der Waals surface area contributed by atoms with Gasteiger partial charge in [0.25, 0.3) is 0 Å². The second-order valence-electron chi connectivity index (χ2n) is 5.54. The molecule has 0 N–H and O–H groups in total. The highest BCUT2D eigenvalue weighted by Gasteiger charge is 2.53. The number of ketones is 1. The lowest BCUT2D eigenvalue weighted by Crippen LogP contribution is -2.42. The van der Waals surface area contributed by atoms with Crippen LogP contribution in [0.4, 0.5) is 0 Å². The minimum absolute atomic E-state index is 0.221. The van der Waals surface area contributed by atoms with E-state index in [2.05, 4.69) is 0 Å². The number of thioether (sulfide) groups is 1. The molecule has 1 atom stereocenters. The number of aryl methyl sites for hydroxylation is 1. The van der Waals surface area contributed by atoms with Crippen LogP contribution in [0.1, 0.15) is 21.5 Å². The van der Waals surface area contributed by atoms with Gasteiger partial charge in [-0.15, -0.1) is 0 Å². The van der Waals surface area contributed by atoms with E-state index in [-0.39, 0.29) is 12.2 Å². The van der Waals surface area contributed by atoms with E-state index in [0.717, 1.165) is 16.0 Å². The highest BCUT2D eigenvalue weighted by Crippen LogP contribution is 2.45. The minimum Gasteiger partial charge on any atom is -0.468 e. The van der Waals surface area contributed by atoms with Crippen molar-refractivity contribution in [2.24, 2.45) is 0 Å². The van der Waals surface area contributed by atoms with Crippen molar-refractivity contribution in [3.8, 4) is 0 Å². The predicted octanol–water partition coefficient (Wildman–Crippen LogP) is 4.09. The lowest BCUT2D eigenvalue weighted by Gasteiger charge is -2.23. The summed E-state index contributed by atoms with van der Waals surface area (Å²) in [5, 5.41) is 0.553. The Balaban J connectivity index is 2.04. The maximum Gasteiger partial charge on any atom is 0.330 e. The Morgan fingerprint density at radius 2 is 1.91 bits per heavy atom. The smallest absolute Gasteiger partial charge is 0.330 e. The van der Waals surface area contributed by atoms with E-state index in [9.17, 15) is 9.59 Å². The highest BCUT2D eigenvalue weighted by atomic mass is 35.5. The lowest BCUT2D eigenvalue weighted by molar-refractivity contribution is -0.141. The van der Waals surface area contributed by atoms with E-state index in [4.69, 9.17) is 16.3 Å². The third-order valence-electron chi connectivity index (χ3n) is 3.95. The summed E-state index contributed by atoms with van der Waals surface area (Å²) in [6.07, 6.45) is 0.285. The van der Waals surface area contributed by atoms with Gasteiger partial charge in [0.1, 0.15) is 0 Å². The molecule has 2 aromatic rings. The van der Waals surface area contributed by atoms with Crippen LogP contribution in [0.25, 0.3) is 0 Å². The molecule has 0 amide bonds. The Morgan fingerprint density at radius 3 is 2.57 bits per heavy atom. The molecule has 5 heteroatoms. The number of hydrogen-bond acceptors (Lipinski definition) is 4. The molecule has 1 aliphatic carbocycles. The van der Waals surface area contributed by atoms with Gasteiger partial charge >= 0.3 is 5.97 Å². The van der Waals surface area contributed by atoms with Crippen LogP contribution in [0, 0.1) is 6.92 Å². The number of carbonyl (C=O) groups excluding carboxylic acids is 2. The molecule has 0 aliphatic heterocycles. The number of halogens is 1. The summed E-state index contributed by atoms with van der Waals surface area (Å²) in [7, 11) is 1.31. The van der Waals surface area contributed by atoms with Gasteiger partial charge in [-0.25, -0.2) is 0 Å². The van der Waals surface area contributed by atoms with Crippen molar-refractivity contribution in [2.75, 3.05) is 7.11 Å². The maximum atomic E-state index is 12.9. The number of rotatable bonds is 3. The van der Waals surface area contributed by atoms with Crippen molar-refractivity contribution in [2.45, 2.75) is 23.0 Å². The topological polar surface area (TPSA) is 43.4 Å². The third-order valence-corrected chi connectivity index (χ3v) is 5.53. The Morgan fingerprint density at radius 1 is 1.22 bits per heavy atom. The maximum absolute atomic E-state index is 12.9. The Hall–Kier alpha value is -1.78. The van der Waals surface area contributed by atoms with Crippen LogP contribution in [-0.2, 0) is 16.0 Å². The standard InChI is InChI=1S/C18H15ClO3S/c1-11-3-6-14(7-4-11)23-18(17(21)22-2)10-12-9-13(19)5-8-15(12)16(18)20/h3-9H,10H2,1-2H3/t18-/m0/s1. The quantitative estimate of drug-likeness (QED) is 0.620. The molecule has 1 aliphatic rings. The molecule has 0 spiro atoms. The van der Waals surface area contributed by atoms with Crippen LogP contribution in [0.5, 0.6) is 0 Å². The number of Topliss-reactive ketones (excluding diaryl/α,β-unsaturated/α-hetero) is 1. The molecule has 0 saturated carbocycles. The van der Waals surface area contributed by atoms with Crippen molar-refractivity contribution >= 4 is 35.1 Å². The second kappa shape index (κ2) is 6.02. The molecule has 118 valence electrons. The number of methoxy groups -OCH3 is 1. The molecule has 0 unspecified atom stereocenters. The average molecular weight is 347 g/mol. The molecule has 0 aromatic heterocycles. The van der Waals surface area contributed by atoms with Gasteiger partial charge in [-0.2, -0.15) is 0 Å². The summed E-state index contributed by atoms with van der Waals surface area (Å²) >= 11 is 7.26. The number of esters is 1. The van der Waals surface area contributed by atoms with Gasteiger partial charge in [0, 0.05) is 21.9 Å². The first-order valence-corrected chi connectivity index (χ1v) is 8.33. The molecule has 23 heavy (non-hydrogen) atoms. The number of carbonyl (C=O) groups is 2. The molecule has 0 fully saturated rings. The summed E-state index contributed by atoms with van der Waals surface area (Å²) in [6.45, 7) is 1.99. The van der Waals surface area contributed by atoms with Crippen LogP contribution in [-0.4, -0.2) is 23.6 Å². The molecule has 0 bridgehead atoms. The van der Waals surface area contributed by atoms with Crippen molar-refractivity contribution in [1.29, 1.82) is 0 Å². The fraction of sp³-hybridized carbons (Fsp3) is 0.222. The van der Waals surface area contributed by atoms with Crippen LogP contribution in [0.3, 0.4) is 0 Å². The van der Waals surface area contributed by atoms with Crippen molar-refractivity contribution in [3.63, 3.8) is 0 Å². The molecule has 0 radical (unpaired) electrons. The van der Waals surface area contributed by atoms with Gasteiger partial charge in [-0.3, -0.25) is 9.59 Å². The second-order valence-corrected chi connectivity index (χ2v) is 7.35. The van der Waals surface area contributed by atoms with Crippen molar-refractivity contribution in [3.05, 3.63) is 64.2 Å². The third kappa shape index (κ3) is 2.77. The fourth-order valence-electron chi connectivity index (χ4n) is 2.76. The molecule has 3 nitrogen and oxygen atoms in total. The summed E-state index contributed by atoms with van der Waals surface area (Å²) in [4.78, 5) is 26.3.